The molecule has 4 aromatic rings. The van der Waals surface area contributed by atoms with Crippen molar-refractivity contribution in [1.29, 1.82) is 0 Å². The minimum atomic E-state index is -5.08. The second kappa shape index (κ2) is 13.9. The van der Waals surface area contributed by atoms with E-state index in [4.69, 9.17) is 19.8 Å². The van der Waals surface area contributed by atoms with Crippen LogP contribution in [0.5, 0.6) is 0 Å². The summed E-state index contributed by atoms with van der Waals surface area (Å²) in [4.78, 5) is 36.7. The van der Waals surface area contributed by atoms with Gasteiger partial charge < -0.3 is 15.1 Å². The summed E-state index contributed by atoms with van der Waals surface area (Å²) >= 11 is 0. The van der Waals surface area contributed by atoms with Crippen LogP contribution in [0.3, 0.4) is 0 Å². The number of alkyl halides is 6. The third-order valence-corrected chi connectivity index (χ3v) is 6.05. The normalized spacial score (nSPS) is 14.7. The molecule has 0 saturated carbocycles. The van der Waals surface area contributed by atoms with E-state index in [-0.39, 0.29) is 17.8 Å². The first-order valence-electron chi connectivity index (χ1n) is 12.5. The molecule has 10 nitrogen and oxygen atoms in total. The second-order valence-corrected chi connectivity index (χ2v) is 9.12. The van der Waals surface area contributed by atoms with Crippen LogP contribution in [0.25, 0.3) is 16.6 Å². The Kier molecular flexibility index (Phi) is 10.6. The summed E-state index contributed by atoms with van der Waals surface area (Å²) in [7, 11) is 0. The van der Waals surface area contributed by atoms with Gasteiger partial charge in [0.1, 0.15) is 11.5 Å². The molecule has 1 atom stereocenters. The number of aliphatic carboxylic acids is 2. The molecular formula is C27H22F7N5O5. The molecule has 0 bridgehead atoms. The number of hydrogen-bond acceptors (Lipinski definition) is 6. The van der Waals surface area contributed by atoms with Gasteiger partial charge >= 0.3 is 24.3 Å². The number of halogens is 7. The highest BCUT2D eigenvalue weighted by Gasteiger charge is 2.39. The average molecular weight is 629 g/mol. The zero-order valence-corrected chi connectivity index (χ0v) is 22.3. The lowest BCUT2D eigenvalue weighted by Crippen LogP contribution is -2.32. The Morgan fingerprint density at radius 1 is 0.909 bits per heavy atom. The minimum Gasteiger partial charge on any atom is -0.475 e. The Labute approximate surface area is 243 Å². The molecule has 44 heavy (non-hydrogen) atoms. The predicted molar refractivity (Wildman–Crippen MR) is 137 cm³/mol. The molecule has 1 amide bonds. The molecule has 0 aliphatic carbocycles. The van der Waals surface area contributed by atoms with Gasteiger partial charge in [-0.25, -0.2) is 18.5 Å². The lowest BCUT2D eigenvalue weighted by Gasteiger charge is -2.23. The number of fused-ring (bicyclic) bond motifs is 1. The van der Waals surface area contributed by atoms with Crippen LogP contribution < -0.4 is 0 Å². The highest BCUT2D eigenvalue weighted by molar-refractivity contribution is 5.80. The molecule has 1 aliphatic heterocycles. The smallest absolute Gasteiger partial charge is 0.475 e. The van der Waals surface area contributed by atoms with Crippen LogP contribution in [-0.4, -0.2) is 71.7 Å². The Morgan fingerprint density at radius 3 is 2.14 bits per heavy atom. The van der Waals surface area contributed by atoms with Gasteiger partial charge in [0.25, 0.3) is 0 Å². The molecule has 5 rings (SSSR count). The van der Waals surface area contributed by atoms with Gasteiger partial charge in [0.15, 0.2) is 0 Å². The third kappa shape index (κ3) is 8.95. The number of amides is 1. The van der Waals surface area contributed by atoms with Crippen molar-refractivity contribution in [1.82, 2.24) is 24.7 Å². The number of hydrogen-bond donors (Lipinski definition) is 2. The van der Waals surface area contributed by atoms with E-state index in [9.17, 15) is 35.5 Å². The van der Waals surface area contributed by atoms with Gasteiger partial charge in [-0.15, -0.1) is 5.10 Å². The van der Waals surface area contributed by atoms with Crippen LogP contribution in [0, 0.1) is 5.82 Å². The fraction of sp³-hybridized carbons (Fsp3) is 0.259. The van der Waals surface area contributed by atoms with E-state index in [0.717, 1.165) is 40.7 Å². The van der Waals surface area contributed by atoms with Gasteiger partial charge in [-0.05, 0) is 48.2 Å². The fourth-order valence-electron chi connectivity index (χ4n) is 4.12. The number of likely N-dealkylation sites (tertiary alicyclic amines) is 1. The maximum Gasteiger partial charge on any atom is 0.490 e. The topological polar surface area (TPSA) is 138 Å². The monoisotopic (exact) mass is 629 g/mol. The largest absolute Gasteiger partial charge is 0.490 e. The van der Waals surface area contributed by atoms with Gasteiger partial charge in [0.2, 0.25) is 5.91 Å². The van der Waals surface area contributed by atoms with Crippen LogP contribution in [0.15, 0.2) is 67.1 Å². The van der Waals surface area contributed by atoms with Crippen LogP contribution in [0.4, 0.5) is 30.7 Å². The SMILES string of the molecule is O=C(Cc1cccnc1)N1CCCC1c1nnn2cc(-c3cccc(F)c3)ccc12.O=C(O)C(F)(F)F.O=C(O)C(F)(F)F. The Morgan fingerprint density at radius 2 is 1.57 bits per heavy atom. The van der Waals surface area contributed by atoms with Gasteiger partial charge in [-0.1, -0.05) is 29.5 Å². The summed E-state index contributed by atoms with van der Waals surface area (Å²) < 4.78 is 78.8. The first-order chi connectivity index (χ1) is 20.6. The fourth-order valence-corrected chi connectivity index (χ4v) is 4.12. The first-order valence-corrected chi connectivity index (χ1v) is 12.5. The molecule has 1 saturated heterocycles. The Balaban J connectivity index is 0.000000317. The number of benzene rings is 1. The van der Waals surface area contributed by atoms with Gasteiger partial charge in [-0.2, -0.15) is 26.3 Å². The lowest BCUT2D eigenvalue weighted by molar-refractivity contribution is -0.193. The van der Waals surface area contributed by atoms with E-state index < -0.39 is 24.3 Å². The van der Waals surface area contributed by atoms with E-state index in [1.807, 2.05) is 41.4 Å². The molecule has 17 heteroatoms. The third-order valence-electron chi connectivity index (χ3n) is 6.05. The quantitative estimate of drug-likeness (QED) is 0.298. The van der Waals surface area contributed by atoms with Crippen molar-refractivity contribution in [2.24, 2.45) is 0 Å². The molecule has 0 radical (unpaired) electrons. The van der Waals surface area contributed by atoms with Gasteiger partial charge in [-0.3, -0.25) is 9.78 Å². The zero-order valence-electron chi connectivity index (χ0n) is 22.3. The predicted octanol–water partition coefficient (Wildman–Crippen LogP) is 5.10. The Hall–Kier alpha value is -5.09. The van der Waals surface area contributed by atoms with E-state index >= 15 is 0 Å². The number of carboxylic acid groups (broad SMARTS) is 2. The molecular weight excluding hydrogens is 607 g/mol. The highest BCUT2D eigenvalue weighted by Crippen LogP contribution is 2.34. The van der Waals surface area contributed by atoms with Crippen LogP contribution in [-0.2, 0) is 20.8 Å². The van der Waals surface area contributed by atoms with E-state index in [0.29, 0.717) is 13.0 Å². The second-order valence-electron chi connectivity index (χ2n) is 9.12. The molecule has 4 heterocycles. The summed E-state index contributed by atoms with van der Waals surface area (Å²) in [5.41, 5.74) is 4.21. The first kappa shape index (κ1) is 33.4. The number of aromatic nitrogens is 4. The van der Waals surface area contributed by atoms with Crippen LogP contribution >= 0.6 is 0 Å². The van der Waals surface area contributed by atoms with Crippen molar-refractivity contribution >= 4 is 23.4 Å². The maximum absolute atomic E-state index is 13.6. The summed E-state index contributed by atoms with van der Waals surface area (Å²) in [5.74, 6) is -5.72. The van der Waals surface area contributed by atoms with Gasteiger partial charge in [0.05, 0.1) is 18.0 Å². The number of rotatable bonds is 4. The summed E-state index contributed by atoms with van der Waals surface area (Å²) in [6.07, 6.45) is -2.77. The van der Waals surface area contributed by atoms with Crippen molar-refractivity contribution in [3.63, 3.8) is 0 Å². The molecule has 1 aliphatic rings. The van der Waals surface area contributed by atoms with Crippen molar-refractivity contribution in [3.8, 4) is 11.1 Å². The van der Waals surface area contributed by atoms with Crippen molar-refractivity contribution in [2.75, 3.05) is 6.54 Å². The maximum atomic E-state index is 13.6. The molecule has 3 aromatic heterocycles. The standard InChI is InChI=1S/C23H20FN5O.2C2HF3O2/c24-19-6-1-5-17(13-19)18-8-9-21-23(26-27-29(21)15-18)20-7-3-11-28(20)22(30)12-16-4-2-10-25-14-16;2*3-2(4,5)1(6)7/h1-2,4-6,8-10,13-15,20H,3,7,11-12H2;2*(H,6,7). The van der Waals surface area contributed by atoms with Crippen LogP contribution in [0.2, 0.25) is 0 Å². The zero-order chi connectivity index (χ0) is 32.7. The van der Waals surface area contributed by atoms with E-state index in [1.54, 1.807) is 23.0 Å². The number of carbonyl (C=O) groups is 3. The molecule has 234 valence electrons. The van der Waals surface area contributed by atoms with Crippen molar-refractivity contribution in [3.05, 3.63) is 84.2 Å². The van der Waals surface area contributed by atoms with Gasteiger partial charge in [0, 0.05) is 30.7 Å². The molecule has 1 fully saturated rings. The highest BCUT2D eigenvalue weighted by atomic mass is 19.4. The summed E-state index contributed by atoms with van der Waals surface area (Å²) in [6, 6.07) is 14.0. The lowest BCUT2D eigenvalue weighted by atomic mass is 10.1. The van der Waals surface area contributed by atoms with E-state index in [1.165, 1.54) is 12.1 Å². The molecule has 1 unspecified atom stereocenters. The number of pyridine rings is 2. The number of carbonyl (C=O) groups excluding carboxylic acids is 1. The van der Waals surface area contributed by atoms with Crippen molar-refractivity contribution in [2.45, 2.75) is 37.7 Å². The number of nitrogens with zero attached hydrogens (tertiary/aromatic N) is 5. The average Bonchev–Trinajstić information content (AvgIpc) is 3.60. The molecule has 2 N–H and O–H groups in total. The summed E-state index contributed by atoms with van der Waals surface area (Å²) in [5, 5.41) is 22.9. The summed E-state index contributed by atoms with van der Waals surface area (Å²) in [6.45, 7) is 0.712. The molecule has 1 aromatic carbocycles. The number of carboxylic acids is 2. The Bertz CT molecular complexity index is 1590. The van der Waals surface area contributed by atoms with E-state index in [2.05, 4.69) is 15.3 Å². The van der Waals surface area contributed by atoms with Crippen molar-refractivity contribution < 1.29 is 55.3 Å². The van der Waals surface area contributed by atoms with Crippen LogP contribution in [0.1, 0.15) is 30.1 Å². The minimum absolute atomic E-state index is 0.0723. The molecule has 0 spiro atoms.